The third kappa shape index (κ3) is 2.81. The van der Waals surface area contributed by atoms with Crippen molar-refractivity contribution in [2.24, 2.45) is 0 Å². The summed E-state index contributed by atoms with van der Waals surface area (Å²) in [5.41, 5.74) is 4.83. The summed E-state index contributed by atoms with van der Waals surface area (Å²) < 4.78 is 0. The van der Waals surface area contributed by atoms with Gasteiger partial charge in [-0.15, -0.1) is 11.3 Å². The summed E-state index contributed by atoms with van der Waals surface area (Å²) >= 11 is 1.37. The second-order valence-corrected chi connectivity index (χ2v) is 5.71. The van der Waals surface area contributed by atoms with Gasteiger partial charge in [-0.25, -0.2) is 4.98 Å². The van der Waals surface area contributed by atoms with E-state index in [4.69, 9.17) is 0 Å². The first kappa shape index (κ1) is 12.3. The molecule has 0 bridgehead atoms. The SMILES string of the molecule is Cc1ncsc1C(=O)NCc1cncc(C2CC2)c1. The number of rotatable bonds is 4. The van der Waals surface area contributed by atoms with Crippen LogP contribution in [0.3, 0.4) is 0 Å². The number of aromatic nitrogens is 2. The van der Waals surface area contributed by atoms with Crippen LogP contribution in [0, 0.1) is 6.92 Å². The van der Waals surface area contributed by atoms with Gasteiger partial charge >= 0.3 is 0 Å². The molecule has 2 heterocycles. The van der Waals surface area contributed by atoms with Gasteiger partial charge in [0.25, 0.3) is 5.91 Å². The summed E-state index contributed by atoms with van der Waals surface area (Å²) in [5, 5.41) is 2.92. The van der Waals surface area contributed by atoms with E-state index in [2.05, 4.69) is 21.4 Å². The van der Waals surface area contributed by atoms with Crippen molar-refractivity contribution in [3.8, 4) is 0 Å². The lowest BCUT2D eigenvalue weighted by molar-refractivity contribution is 0.0954. The van der Waals surface area contributed by atoms with Crippen molar-refractivity contribution < 1.29 is 4.79 Å². The molecule has 0 atom stereocenters. The lowest BCUT2D eigenvalue weighted by atomic mass is 10.1. The van der Waals surface area contributed by atoms with Gasteiger partial charge in [-0.3, -0.25) is 9.78 Å². The van der Waals surface area contributed by atoms with E-state index in [1.165, 1.54) is 29.7 Å². The molecule has 0 unspecified atom stereocenters. The highest BCUT2D eigenvalue weighted by molar-refractivity contribution is 7.11. The van der Waals surface area contributed by atoms with Crippen LogP contribution in [0.25, 0.3) is 0 Å². The minimum Gasteiger partial charge on any atom is -0.347 e. The van der Waals surface area contributed by atoms with E-state index >= 15 is 0 Å². The highest BCUT2D eigenvalue weighted by Gasteiger charge is 2.23. The van der Waals surface area contributed by atoms with Gasteiger partial charge in [0, 0.05) is 18.9 Å². The Balaban J connectivity index is 1.64. The first-order chi connectivity index (χ1) is 9.24. The van der Waals surface area contributed by atoms with Crippen LogP contribution in [-0.4, -0.2) is 15.9 Å². The van der Waals surface area contributed by atoms with E-state index < -0.39 is 0 Å². The normalized spacial score (nSPS) is 14.4. The monoisotopic (exact) mass is 273 g/mol. The lowest BCUT2D eigenvalue weighted by Crippen LogP contribution is -2.22. The molecule has 1 aliphatic carbocycles. The molecule has 98 valence electrons. The number of pyridine rings is 1. The van der Waals surface area contributed by atoms with Crippen molar-refractivity contribution >= 4 is 17.2 Å². The minimum atomic E-state index is -0.0585. The van der Waals surface area contributed by atoms with E-state index in [-0.39, 0.29) is 5.91 Å². The van der Waals surface area contributed by atoms with Crippen molar-refractivity contribution in [3.05, 3.63) is 45.7 Å². The van der Waals surface area contributed by atoms with Gasteiger partial charge in [0.2, 0.25) is 0 Å². The maximum absolute atomic E-state index is 12.0. The summed E-state index contributed by atoms with van der Waals surface area (Å²) in [7, 11) is 0. The summed E-state index contributed by atoms with van der Waals surface area (Å²) in [4.78, 5) is 21.0. The number of amides is 1. The van der Waals surface area contributed by atoms with Crippen molar-refractivity contribution in [2.45, 2.75) is 32.2 Å². The Morgan fingerprint density at radius 2 is 2.32 bits per heavy atom. The molecule has 4 nitrogen and oxygen atoms in total. The molecule has 19 heavy (non-hydrogen) atoms. The second kappa shape index (κ2) is 5.09. The van der Waals surface area contributed by atoms with Gasteiger partial charge in [0.05, 0.1) is 11.2 Å². The van der Waals surface area contributed by atoms with Gasteiger partial charge in [0.15, 0.2) is 0 Å². The van der Waals surface area contributed by atoms with Crippen LogP contribution < -0.4 is 5.32 Å². The number of hydrogen-bond donors (Lipinski definition) is 1. The largest absolute Gasteiger partial charge is 0.347 e. The number of hydrogen-bond acceptors (Lipinski definition) is 4. The molecule has 0 radical (unpaired) electrons. The number of nitrogens with one attached hydrogen (secondary N) is 1. The first-order valence-electron chi connectivity index (χ1n) is 6.36. The van der Waals surface area contributed by atoms with Gasteiger partial charge < -0.3 is 5.32 Å². The molecule has 1 aliphatic rings. The standard InChI is InChI=1S/C14H15N3OS/c1-9-13(19-8-17-9)14(18)16-6-10-4-12(7-15-5-10)11-2-3-11/h4-5,7-8,11H,2-3,6H2,1H3,(H,16,18). The minimum absolute atomic E-state index is 0.0585. The van der Waals surface area contributed by atoms with Crippen LogP contribution in [0.1, 0.15) is 45.3 Å². The van der Waals surface area contributed by atoms with E-state index in [0.717, 1.165) is 11.3 Å². The summed E-state index contributed by atoms with van der Waals surface area (Å²) in [5.74, 6) is 0.628. The molecule has 5 heteroatoms. The Morgan fingerprint density at radius 1 is 1.47 bits per heavy atom. The van der Waals surface area contributed by atoms with Gasteiger partial charge in [-0.1, -0.05) is 6.07 Å². The Morgan fingerprint density at radius 3 is 3.00 bits per heavy atom. The van der Waals surface area contributed by atoms with Crippen molar-refractivity contribution in [1.29, 1.82) is 0 Å². The van der Waals surface area contributed by atoms with Crippen LogP contribution in [0.5, 0.6) is 0 Å². The van der Waals surface area contributed by atoms with Crippen LogP contribution in [-0.2, 0) is 6.54 Å². The molecule has 2 aromatic heterocycles. The maximum Gasteiger partial charge on any atom is 0.263 e. The smallest absolute Gasteiger partial charge is 0.263 e. The van der Waals surface area contributed by atoms with E-state index in [1.54, 1.807) is 5.51 Å². The summed E-state index contributed by atoms with van der Waals surface area (Å²) in [6, 6.07) is 2.14. The van der Waals surface area contributed by atoms with Crippen LogP contribution in [0.2, 0.25) is 0 Å². The molecule has 0 aliphatic heterocycles. The third-order valence-corrected chi connectivity index (χ3v) is 4.20. The second-order valence-electron chi connectivity index (χ2n) is 4.85. The zero-order valence-corrected chi connectivity index (χ0v) is 11.5. The average molecular weight is 273 g/mol. The number of aryl methyl sites for hydroxylation is 1. The molecular weight excluding hydrogens is 258 g/mol. The van der Waals surface area contributed by atoms with Crippen molar-refractivity contribution in [2.75, 3.05) is 0 Å². The molecule has 1 fully saturated rings. The van der Waals surface area contributed by atoms with Crippen molar-refractivity contribution in [3.63, 3.8) is 0 Å². The van der Waals surface area contributed by atoms with Crippen LogP contribution in [0.15, 0.2) is 24.0 Å². The molecule has 1 saturated carbocycles. The van der Waals surface area contributed by atoms with Gasteiger partial charge in [-0.05, 0) is 36.8 Å². The molecule has 1 amide bonds. The quantitative estimate of drug-likeness (QED) is 0.931. The maximum atomic E-state index is 12.0. The summed E-state index contributed by atoms with van der Waals surface area (Å²) in [6.07, 6.45) is 6.26. The highest BCUT2D eigenvalue weighted by atomic mass is 32.1. The Hall–Kier alpha value is -1.75. The molecule has 0 saturated heterocycles. The number of nitrogens with zero attached hydrogens (tertiary/aromatic N) is 2. The number of carbonyl (C=O) groups excluding carboxylic acids is 1. The predicted molar refractivity (Wildman–Crippen MR) is 74.2 cm³/mol. The fraction of sp³-hybridized carbons (Fsp3) is 0.357. The molecular formula is C14H15N3OS. The lowest BCUT2D eigenvalue weighted by Gasteiger charge is -2.05. The fourth-order valence-corrected chi connectivity index (χ4v) is 2.75. The zero-order valence-electron chi connectivity index (χ0n) is 10.7. The molecule has 0 aromatic carbocycles. The zero-order chi connectivity index (χ0) is 13.2. The predicted octanol–water partition coefficient (Wildman–Crippen LogP) is 2.65. The topological polar surface area (TPSA) is 54.9 Å². The molecule has 2 aromatic rings. The average Bonchev–Trinajstić information content (AvgIpc) is 3.19. The first-order valence-corrected chi connectivity index (χ1v) is 7.24. The molecule has 0 spiro atoms. The molecule has 1 N–H and O–H groups in total. The Labute approximate surface area is 115 Å². The van der Waals surface area contributed by atoms with Gasteiger partial charge in [0.1, 0.15) is 4.88 Å². The molecule has 3 rings (SSSR count). The van der Waals surface area contributed by atoms with Crippen LogP contribution in [0.4, 0.5) is 0 Å². The van der Waals surface area contributed by atoms with Crippen molar-refractivity contribution in [1.82, 2.24) is 15.3 Å². The van der Waals surface area contributed by atoms with E-state index in [1.807, 2.05) is 19.3 Å². The van der Waals surface area contributed by atoms with E-state index in [9.17, 15) is 4.79 Å². The fourth-order valence-electron chi connectivity index (χ4n) is 2.03. The van der Waals surface area contributed by atoms with E-state index in [0.29, 0.717) is 17.3 Å². The number of carbonyl (C=O) groups is 1. The number of thiazole rings is 1. The Kier molecular flexibility index (Phi) is 3.29. The van der Waals surface area contributed by atoms with Gasteiger partial charge in [-0.2, -0.15) is 0 Å². The van der Waals surface area contributed by atoms with Crippen LogP contribution >= 0.6 is 11.3 Å². The Bertz CT molecular complexity index is 604. The highest BCUT2D eigenvalue weighted by Crippen LogP contribution is 2.39. The third-order valence-electron chi connectivity index (χ3n) is 3.27. The summed E-state index contributed by atoms with van der Waals surface area (Å²) in [6.45, 7) is 2.37.